The van der Waals surface area contributed by atoms with E-state index in [1.807, 2.05) is 20.8 Å². The molecule has 1 aromatic carbocycles. The van der Waals surface area contributed by atoms with E-state index in [9.17, 15) is 4.79 Å². The summed E-state index contributed by atoms with van der Waals surface area (Å²) in [7, 11) is 0. The van der Waals surface area contributed by atoms with Gasteiger partial charge in [-0.05, 0) is 52.0 Å². The number of aryl methyl sites for hydroxylation is 1. The first-order valence-electron chi connectivity index (χ1n) is 14.8. The second kappa shape index (κ2) is 15.1. The first kappa shape index (κ1) is 29.2. The zero-order valence-electron chi connectivity index (χ0n) is 23.8. The number of amides is 1. The number of likely N-dealkylation sites (tertiary alicyclic amines) is 1. The van der Waals surface area contributed by atoms with Gasteiger partial charge in [0.2, 0.25) is 11.7 Å². The molecule has 0 radical (unpaired) electrons. The molecule has 0 spiro atoms. The number of benzene rings is 1. The molecule has 0 N–H and O–H groups in total. The molecular formula is C31H49N3O3. The van der Waals surface area contributed by atoms with Crippen LogP contribution in [0, 0.1) is 0 Å². The molecule has 0 aliphatic carbocycles. The average molecular weight is 512 g/mol. The Bertz CT molecular complexity index is 917. The number of nitrogens with zero attached hydrogens (tertiary/aromatic N) is 3. The molecule has 37 heavy (non-hydrogen) atoms. The normalized spacial score (nSPS) is 15.9. The van der Waals surface area contributed by atoms with Crippen molar-refractivity contribution in [3.8, 4) is 11.4 Å². The molecule has 2 heterocycles. The predicted molar refractivity (Wildman–Crippen MR) is 149 cm³/mol. The summed E-state index contributed by atoms with van der Waals surface area (Å²) in [6.07, 6.45) is 19.0. The highest BCUT2D eigenvalue weighted by atomic mass is 16.6. The van der Waals surface area contributed by atoms with Crippen molar-refractivity contribution in [2.24, 2.45) is 0 Å². The van der Waals surface area contributed by atoms with Crippen LogP contribution in [0.25, 0.3) is 11.4 Å². The maximum absolute atomic E-state index is 12.6. The molecule has 6 nitrogen and oxygen atoms in total. The highest BCUT2D eigenvalue weighted by Gasteiger charge is 2.36. The van der Waals surface area contributed by atoms with E-state index in [1.165, 1.54) is 82.6 Å². The Hall–Kier alpha value is -2.37. The minimum Gasteiger partial charge on any atom is -0.444 e. The van der Waals surface area contributed by atoms with Crippen LogP contribution >= 0.6 is 0 Å². The van der Waals surface area contributed by atoms with Crippen molar-refractivity contribution in [2.45, 2.75) is 136 Å². The third-order valence-electron chi connectivity index (χ3n) is 7.14. The molecule has 1 aliphatic heterocycles. The standard InChI is InChI=1S/C31H49N3O3/c1-5-6-7-8-9-10-11-12-13-14-15-16-18-25-20-22-26(23-21-25)28-32-29(37-33-28)27-19-17-24-34(27)30(35)36-31(2,3)4/h20-23,27H,5-19,24H2,1-4H3. The lowest BCUT2D eigenvalue weighted by molar-refractivity contribution is 0.0199. The second-order valence-electron chi connectivity index (χ2n) is 11.6. The van der Waals surface area contributed by atoms with Gasteiger partial charge in [-0.1, -0.05) is 107 Å². The number of carbonyl (C=O) groups is 1. The third kappa shape index (κ3) is 10.1. The van der Waals surface area contributed by atoms with E-state index in [-0.39, 0.29) is 12.1 Å². The summed E-state index contributed by atoms with van der Waals surface area (Å²) >= 11 is 0. The van der Waals surface area contributed by atoms with Gasteiger partial charge < -0.3 is 9.26 Å². The van der Waals surface area contributed by atoms with Gasteiger partial charge >= 0.3 is 6.09 Å². The van der Waals surface area contributed by atoms with Crippen LogP contribution in [0.15, 0.2) is 28.8 Å². The minimum atomic E-state index is -0.529. The largest absolute Gasteiger partial charge is 0.444 e. The monoisotopic (exact) mass is 511 g/mol. The number of hydrogen-bond acceptors (Lipinski definition) is 5. The van der Waals surface area contributed by atoms with Gasteiger partial charge in [-0.3, -0.25) is 4.90 Å². The Kier molecular flexibility index (Phi) is 11.9. The van der Waals surface area contributed by atoms with Gasteiger partial charge in [-0.25, -0.2) is 4.79 Å². The summed E-state index contributed by atoms with van der Waals surface area (Å²) in [4.78, 5) is 18.9. The summed E-state index contributed by atoms with van der Waals surface area (Å²) in [5.74, 6) is 1.06. The van der Waals surface area contributed by atoms with E-state index >= 15 is 0 Å². The summed E-state index contributed by atoms with van der Waals surface area (Å²) in [6.45, 7) is 8.56. The van der Waals surface area contributed by atoms with Crippen LogP contribution < -0.4 is 0 Å². The molecule has 1 aliphatic rings. The Labute approximate surface area is 224 Å². The molecule has 0 bridgehead atoms. The van der Waals surface area contributed by atoms with Crippen molar-refractivity contribution in [3.05, 3.63) is 35.7 Å². The van der Waals surface area contributed by atoms with Crippen molar-refractivity contribution >= 4 is 6.09 Å². The highest BCUT2D eigenvalue weighted by Crippen LogP contribution is 2.33. The molecule has 1 unspecified atom stereocenters. The van der Waals surface area contributed by atoms with Crippen LogP contribution in [-0.2, 0) is 11.2 Å². The van der Waals surface area contributed by atoms with Crippen molar-refractivity contribution in [2.75, 3.05) is 6.54 Å². The predicted octanol–water partition coefficient (Wildman–Crippen LogP) is 9.05. The number of carbonyl (C=O) groups excluding carboxylic acids is 1. The maximum Gasteiger partial charge on any atom is 0.410 e. The topological polar surface area (TPSA) is 68.5 Å². The lowest BCUT2D eigenvalue weighted by Gasteiger charge is -2.26. The Balaban J connectivity index is 1.36. The minimum absolute atomic E-state index is 0.221. The van der Waals surface area contributed by atoms with E-state index in [1.54, 1.807) is 4.90 Å². The fraction of sp³-hybridized carbons (Fsp3) is 0.710. The summed E-state index contributed by atoms with van der Waals surface area (Å²) in [5.41, 5.74) is 1.76. The van der Waals surface area contributed by atoms with Crippen molar-refractivity contribution in [1.29, 1.82) is 0 Å². The van der Waals surface area contributed by atoms with Crippen LogP contribution in [0.2, 0.25) is 0 Å². The first-order chi connectivity index (χ1) is 17.9. The summed E-state index contributed by atoms with van der Waals surface area (Å²) in [6, 6.07) is 8.27. The molecule has 206 valence electrons. The van der Waals surface area contributed by atoms with Gasteiger partial charge in [0.25, 0.3) is 0 Å². The van der Waals surface area contributed by atoms with Gasteiger partial charge in [-0.15, -0.1) is 0 Å². The van der Waals surface area contributed by atoms with Gasteiger partial charge in [0.1, 0.15) is 11.6 Å². The molecule has 3 rings (SSSR count). The molecule has 2 aromatic rings. The summed E-state index contributed by atoms with van der Waals surface area (Å²) in [5, 5.41) is 4.20. The van der Waals surface area contributed by atoms with Gasteiger partial charge in [0, 0.05) is 12.1 Å². The van der Waals surface area contributed by atoms with Gasteiger partial charge in [0.15, 0.2) is 0 Å². The molecule has 1 atom stereocenters. The van der Waals surface area contributed by atoms with E-state index < -0.39 is 5.60 Å². The fourth-order valence-electron chi connectivity index (χ4n) is 5.04. The zero-order chi connectivity index (χ0) is 26.5. The summed E-state index contributed by atoms with van der Waals surface area (Å²) < 4.78 is 11.1. The molecule has 0 saturated carbocycles. The smallest absolute Gasteiger partial charge is 0.410 e. The molecule has 1 amide bonds. The third-order valence-corrected chi connectivity index (χ3v) is 7.14. The van der Waals surface area contributed by atoms with Crippen molar-refractivity contribution in [1.82, 2.24) is 15.0 Å². The lowest BCUT2D eigenvalue weighted by Crippen LogP contribution is -2.36. The molecule has 1 fully saturated rings. The van der Waals surface area contributed by atoms with Crippen LogP contribution in [0.5, 0.6) is 0 Å². The van der Waals surface area contributed by atoms with Crippen molar-refractivity contribution in [3.63, 3.8) is 0 Å². The van der Waals surface area contributed by atoms with Gasteiger partial charge in [-0.2, -0.15) is 4.98 Å². The molecule has 1 aromatic heterocycles. The fourth-order valence-corrected chi connectivity index (χ4v) is 5.04. The number of rotatable bonds is 15. The molecule has 6 heteroatoms. The van der Waals surface area contributed by atoms with E-state index in [0.717, 1.165) is 24.8 Å². The first-order valence-corrected chi connectivity index (χ1v) is 14.8. The lowest BCUT2D eigenvalue weighted by atomic mass is 10.0. The number of hydrogen-bond donors (Lipinski definition) is 0. The number of ether oxygens (including phenoxy) is 1. The molecular weight excluding hydrogens is 462 g/mol. The van der Waals surface area contributed by atoms with E-state index in [0.29, 0.717) is 18.3 Å². The highest BCUT2D eigenvalue weighted by molar-refractivity contribution is 5.69. The van der Waals surface area contributed by atoms with Crippen molar-refractivity contribution < 1.29 is 14.1 Å². The second-order valence-corrected chi connectivity index (χ2v) is 11.6. The number of aromatic nitrogens is 2. The van der Waals surface area contributed by atoms with Crippen LogP contribution in [0.4, 0.5) is 4.79 Å². The van der Waals surface area contributed by atoms with Crippen LogP contribution in [-0.4, -0.2) is 33.3 Å². The average Bonchev–Trinajstić information content (AvgIpc) is 3.54. The quantitative estimate of drug-likeness (QED) is 0.223. The van der Waals surface area contributed by atoms with Gasteiger partial charge in [0.05, 0.1) is 0 Å². The molecule has 1 saturated heterocycles. The van der Waals surface area contributed by atoms with Crippen LogP contribution in [0.3, 0.4) is 0 Å². The Morgan fingerprint density at radius 3 is 2.14 bits per heavy atom. The Morgan fingerprint density at radius 2 is 1.54 bits per heavy atom. The van der Waals surface area contributed by atoms with E-state index in [4.69, 9.17) is 9.26 Å². The maximum atomic E-state index is 12.6. The number of unbranched alkanes of at least 4 members (excludes halogenated alkanes) is 11. The zero-order valence-corrected chi connectivity index (χ0v) is 23.8. The SMILES string of the molecule is CCCCCCCCCCCCCCc1ccc(-c2noc(C3CCCN3C(=O)OC(C)(C)C)n2)cc1. The van der Waals surface area contributed by atoms with E-state index in [2.05, 4.69) is 41.3 Å². The Morgan fingerprint density at radius 1 is 0.946 bits per heavy atom. The van der Waals surface area contributed by atoms with Crippen LogP contribution in [0.1, 0.15) is 135 Å².